The number of hydrogen-bond donors (Lipinski definition) is 1. The summed E-state index contributed by atoms with van der Waals surface area (Å²) in [6, 6.07) is 9.50. The number of rotatable bonds is 4. The van der Waals surface area contributed by atoms with Crippen molar-refractivity contribution in [2.45, 2.75) is 10.9 Å². The van der Waals surface area contributed by atoms with Crippen molar-refractivity contribution in [2.24, 2.45) is 0 Å². The fraction of sp³-hybridized carbons (Fsp3) is 0.0714. The van der Waals surface area contributed by atoms with Gasteiger partial charge in [-0.2, -0.15) is 4.98 Å². The number of benzene rings is 1. The molecule has 1 aromatic carbocycles. The van der Waals surface area contributed by atoms with Crippen molar-refractivity contribution >= 4 is 45.7 Å². The van der Waals surface area contributed by atoms with Crippen molar-refractivity contribution in [1.29, 1.82) is 0 Å². The molecule has 3 aromatic heterocycles. The van der Waals surface area contributed by atoms with Gasteiger partial charge in [0, 0.05) is 5.02 Å². The zero-order chi connectivity index (χ0) is 14.9. The van der Waals surface area contributed by atoms with Gasteiger partial charge < -0.3 is 9.51 Å². The summed E-state index contributed by atoms with van der Waals surface area (Å²) >= 11 is 9.06. The summed E-state index contributed by atoms with van der Waals surface area (Å²) in [5.41, 5.74) is 1.80. The average molecular weight is 349 g/mol. The van der Waals surface area contributed by atoms with Crippen LogP contribution in [0.3, 0.4) is 0 Å². The van der Waals surface area contributed by atoms with Gasteiger partial charge in [0.2, 0.25) is 11.7 Å². The fourth-order valence-electron chi connectivity index (χ4n) is 1.98. The molecule has 0 saturated carbocycles. The summed E-state index contributed by atoms with van der Waals surface area (Å²) < 4.78 is 5.27. The van der Waals surface area contributed by atoms with Crippen LogP contribution in [0.15, 0.2) is 45.4 Å². The zero-order valence-electron chi connectivity index (χ0n) is 11.1. The third kappa shape index (κ3) is 2.75. The first-order valence-electron chi connectivity index (χ1n) is 6.42. The van der Waals surface area contributed by atoms with Crippen LogP contribution in [0.25, 0.3) is 21.7 Å². The Hall–Kier alpha value is -1.83. The van der Waals surface area contributed by atoms with Crippen molar-refractivity contribution in [2.75, 3.05) is 0 Å². The molecule has 0 aliphatic rings. The molecule has 8 heteroatoms. The van der Waals surface area contributed by atoms with Gasteiger partial charge in [-0.1, -0.05) is 34.6 Å². The van der Waals surface area contributed by atoms with Crippen LogP contribution >= 0.6 is 34.7 Å². The monoisotopic (exact) mass is 348 g/mol. The Balaban J connectivity index is 1.49. The van der Waals surface area contributed by atoms with E-state index in [1.807, 2.05) is 35.7 Å². The summed E-state index contributed by atoms with van der Waals surface area (Å²) in [5, 5.41) is 7.46. The summed E-state index contributed by atoms with van der Waals surface area (Å²) in [7, 11) is 0. The summed E-state index contributed by atoms with van der Waals surface area (Å²) in [6.07, 6.45) is 0. The van der Waals surface area contributed by atoms with Crippen LogP contribution in [-0.2, 0) is 5.75 Å². The quantitative estimate of drug-likeness (QED) is 0.545. The number of H-pyrrole nitrogens is 1. The molecule has 3 heterocycles. The normalized spacial score (nSPS) is 11.3. The predicted octanol–water partition coefficient (Wildman–Crippen LogP) is 4.62. The van der Waals surface area contributed by atoms with Gasteiger partial charge in [0.15, 0.2) is 5.16 Å². The van der Waals surface area contributed by atoms with Gasteiger partial charge in [-0.3, -0.25) is 0 Å². The molecule has 0 aliphatic carbocycles. The highest BCUT2D eigenvalue weighted by Crippen LogP contribution is 2.26. The van der Waals surface area contributed by atoms with Crippen LogP contribution in [0.5, 0.6) is 0 Å². The van der Waals surface area contributed by atoms with Crippen molar-refractivity contribution in [3.8, 4) is 10.7 Å². The second kappa shape index (κ2) is 5.75. The first kappa shape index (κ1) is 13.8. The first-order valence-corrected chi connectivity index (χ1v) is 8.67. The number of nitrogens with zero attached hydrogens (tertiary/aromatic N) is 3. The fourth-order valence-corrected chi connectivity index (χ4v) is 3.52. The van der Waals surface area contributed by atoms with Crippen LogP contribution in [-0.4, -0.2) is 20.1 Å². The Labute approximate surface area is 138 Å². The highest BCUT2D eigenvalue weighted by atomic mass is 35.5. The largest absolute Gasteiger partial charge is 0.338 e. The van der Waals surface area contributed by atoms with Crippen molar-refractivity contribution in [1.82, 2.24) is 20.1 Å². The molecule has 0 amide bonds. The Morgan fingerprint density at radius 1 is 1.27 bits per heavy atom. The molecule has 0 spiro atoms. The third-order valence-electron chi connectivity index (χ3n) is 2.96. The first-order chi connectivity index (χ1) is 10.8. The van der Waals surface area contributed by atoms with Crippen LogP contribution in [0.1, 0.15) is 5.89 Å². The smallest absolute Gasteiger partial charge is 0.237 e. The van der Waals surface area contributed by atoms with Gasteiger partial charge in [0.05, 0.1) is 21.7 Å². The number of hydrogen-bond acceptors (Lipinski definition) is 6. The molecule has 1 N–H and O–H groups in total. The van der Waals surface area contributed by atoms with Gasteiger partial charge in [0.1, 0.15) is 0 Å². The standard InChI is InChI=1S/C14H9ClN4OS2/c15-8-3-4-9-10(6-8)17-14(16-9)22-7-12-18-13(19-20-12)11-2-1-5-21-11/h1-6H,7H2,(H,16,17). The number of aromatic amines is 1. The minimum absolute atomic E-state index is 0.561. The molecule has 0 aliphatic heterocycles. The van der Waals surface area contributed by atoms with E-state index in [1.54, 1.807) is 11.3 Å². The molecule has 0 unspecified atom stereocenters. The SMILES string of the molecule is Clc1ccc2nc(SCc3nc(-c4cccs4)no3)[nH]c2c1. The number of nitrogens with one attached hydrogen (secondary N) is 1. The number of halogens is 1. The molecule has 5 nitrogen and oxygen atoms in total. The summed E-state index contributed by atoms with van der Waals surface area (Å²) in [5.74, 6) is 1.76. The minimum atomic E-state index is 0.561. The van der Waals surface area contributed by atoms with E-state index in [0.717, 1.165) is 21.1 Å². The predicted molar refractivity (Wildman–Crippen MR) is 88.3 cm³/mol. The molecule has 0 bridgehead atoms. The third-order valence-corrected chi connectivity index (χ3v) is 4.92. The molecule has 0 saturated heterocycles. The molecule has 22 heavy (non-hydrogen) atoms. The lowest BCUT2D eigenvalue weighted by Crippen LogP contribution is -1.82. The molecule has 4 rings (SSSR count). The van der Waals surface area contributed by atoms with E-state index in [2.05, 4.69) is 20.1 Å². The average Bonchev–Trinajstić information content (AvgIpc) is 3.24. The highest BCUT2D eigenvalue weighted by molar-refractivity contribution is 7.98. The van der Waals surface area contributed by atoms with E-state index < -0.39 is 0 Å². The Kier molecular flexibility index (Phi) is 3.61. The lowest BCUT2D eigenvalue weighted by molar-refractivity contribution is 0.391. The number of imidazole rings is 1. The maximum atomic E-state index is 5.97. The second-order valence-electron chi connectivity index (χ2n) is 4.48. The lowest BCUT2D eigenvalue weighted by atomic mass is 10.3. The van der Waals surface area contributed by atoms with E-state index in [0.29, 0.717) is 22.5 Å². The lowest BCUT2D eigenvalue weighted by Gasteiger charge is -1.91. The Morgan fingerprint density at radius 2 is 2.23 bits per heavy atom. The van der Waals surface area contributed by atoms with E-state index in [1.165, 1.54) is 11.8 Å². The number of aromatic nitrogens is 4. The molecular weight excluding hydrogens is 340 g/mol. The van der Waals surface area contributed by atoms with Gasteiger partial charge in [-0.25, -0.2) is 4.98 Å². The van der Waals surface area contributed by atoms with Gasteiger partial charge >= 0.3 is 0 Å². The van der Waals surface area contributed by atoms with Gasteiger partial charge in [-0.15, -0.1) is 11.3 Å². The summed E-state index contributed by atoms with van der Waals surface area (Å²) in [6.45, 7) is 0. The Bertz CT molecular complexity index is 916. The number of thioether (sulfide) groups is 1. The van der Waals surface area contributed by atoms with E-state index >= 15 is 0 Å². The molecule has 0 atom stereocenters. The Morgan fingerprint density at radius 3 is 3.09 bits per heavy atom. The van der Waals surface area contributed by atoms with E-state index in [-0.39, 0.29) is 0 Å². The van der Waals surface area contributed by atoms with E-state index in [9.17, 15) is 0 Å². The molecular formula is C14H9ClN4OS2. The number of fused-ring (bicyclic) bond motifs is 1. The van der Waals surface area contributed by atoms with Gasteiger partial charge in [0.25, 0.3) is 0 Å². The van der Waals surface area contributed by atoms with E-state index in [4.69, 9.17) is 16.1 Å². The molecule has 4 aromatic rings. The molecule has 110 valence electrons. The van der Waals surface area contributed by atoms with Crippen LogP contribution in [0.2, 0.25) is 5.02 Å². The molecule has 0 fully saturated rings. The molecule has 0 radical (unpaired) electrons. The van der Waals surface area contributed by atoms with Gasteiger partial charge in [-0.05, 0) is 29.6 Å². The maximum absolute atomic E-state index is 5.97. The second-order valence-corrected chi connectivity index (χ2v) is 6.83. The zero-order valence-corrected chi connectivity index (χ0v) is 13.5. The number of thiophene rings is 1. The van der Waals surface area contributed by atoms with Crippen molar-refractivity contribution in [3.63, 3.8) is 0 Å². The maximum Gasteiger partial charge on any atom is 0.237 e. The minimum Gasteiger partial charge on any atom is -0.338 e. The topological polar surface area (TPSA) is 67.6 Å². The van der Waals surface area contributed by atoms with Crippen LogP contribution in [0, 0.1) is 0 Å². The van der Waals surface area contributed by atoms with Crippen LogP contribution < -0.4 is 0 Å². The van der Waals surface area contributed by atoms with Crippen molar-refractivity contribution in [3.05, 3.63) is 46.6 Å². The van der Waals surface area contributed by atoms with Crippen LogP contribution in [0.4, 0.5) is 0 Å². The highest BCUT2D eigenvalue weighted by Gasteiger charge is 2.11. The van der Waals surface area contributed by atoms with Crippen molar-refractivity contribution < 1.29 is 4.52 Å². The summed E-state index contributed by atoms with van der Waals surface area (Å²) in [4.78, 5) is 13.1.